The largest absolute Gasteiger partial charge is 0.334 e. The number of hydrogen-bond donors (Lipinski definition) is 0. The maximum atomic E-state index is 12.8. The molecule has 1 saturated heterocycles. The van der Waals surface area contributed by atoms with E-state index in [0.29, 0.717) is 6.42 Å². The van der Waals surface area contributed by atoms with Crippen LogP contribution in [0.15, 0.2) is 41.0 Å². The highest BCUT2D eigenvalue weighted by atomic mass is 79.9. The Kier molecular flexibility index (Phi) is 5.16. The first-order valence-electron chi connectivity index (χ1n) is 8.17. The molecule has 5 heteroatoms. The van der Waals surface area contributed by atoms with E-state index < -0.39 is 0 Å². The van der Waals surface area contributed by atoms with Crippen molar-refractivity contribution in [3.8, 4) is 0 Å². The Morgan fingerprint density at radius 2 is 2.13 bits per heavy atom. The third-order valence-corrected chi connectivity index (χ3v) is 5.36. The minimum atomic E-state index is 0.169. The van der Waals surface area contributed by atoms with E-state index in [-0.39, 0.29) is 11.9 Å². The van der Waals surface area contributed by atoms with E-state index >= 15 is 0 Å². The molecule has 1 unspecified atom stereocenters. The summed E-state index contributed by atoms with van der Waals surface area (Å²) >= 11 is 3.56. The molecular formula is C18H22BrN3O. The third kappa shape index (κ3) is 3.66. The maximum Gasteiger partial charge on any atom is 0.223 e. The van der Waals surface area contributed by atoms with E-state index in [1.165, 1.54) is 12.0 Å². The topological polar surface area (TPSA) is 38.1 Å². The smallest absolute Gasteiger partial charge is 0.223 e. The molecule has 1 fully saturated rings. The molecule has 1 aliphatic heterocycles. The quantitative estimate of drug-likeness (QED) is 0.813. The summed E-state index contributed by atoms with van der Waals surface area (Å²) in [7, 11) is 1.95. The van der Waals surface area contributed by atoms with Crippen LogP contribution in [-0.2, 0) is 18.3 Å². The summed E-state index contributed by atoms with van der Waals surface area (Å²) in [5, 5.41) is 4.26. The Bertz CT molecular complexity index is 682. The number of aryl methyl sites for hydroxylation is 2. The van der Waals surface area contributed by atoms with E-state index in [1.54, 1.807) is 0 Å². The number of rotatable bonds is 4. The summed E-state index contributed by atoms with van der Waals surface area (Å²) in [5.74, 6) is 0.242. The van der Waals surface area contributed by atoms with E-state index in [4.69, 9.17) is 0 Å². The molecule has 2 aromatic rings. The van der Waals surface area contributed by atoms with Gasteiger partial charge in [-0.3, -0.25) is 9.48 Å². The van der Waals surface area contributed by atoms with Crippen molar-refractivity contribution in [2.75, 3.05) is 6.54 Å². The molecule has 3 rings (SSSR count). The van der Waals surface area contributed by atoms with Gasteiger partial charge in [-0.25, -0.2) is 0 Å². The summed E-state index contributed by atoms with van der Waals surface area (Å²) in [6.45, 7) is 0.852. The second-order valence-electron chi connectivity index (χ2n) is 6.07. The molecule has 4 nitrogen and oxygen atoms in total. The van der Waals surface area contributed by atoms with Crippen LogP contribution < -0.4 is 0 Å². The van der Waals surface area contributed by atoms with Crippen LogP contribution in [0.3, 0.4) is 0 Å². The van der Waals surface area contributed by atoms with Crippen LogP contribution in [0.5, 0.6) is 0 Å². The second-order valence-corrected chi connectivity index (χ2v) is 6.92. The van der Waals surface area contributed by atoms with Gasteiger partial charge in [0.05, 0.1) is 11.7 Å². The predicted molar refractivity (Wildman–Crippen MR) is 94.0 cm³/mol. The SMILES string of the molecule is Cn1nccc1C1CCCCN1C(=O)CCc1ccccc1Br. The fourth-order valence-electron chi connectivity index (χ4n) is 3.33. The molecular weight excluding hydrogens is 354 g/mol. The first-order chi connectivity index (χ1) is 11.2. The zero-order valence-electron chi connectivity index (χ0n) is 13.4. The van der Waals surface area contributed by atoms with Gasteiger partial charge in [-0.1, -0.05) is 34.1 Å². The molecule has 0 N–H and O–H groups in total. The van der Waals surface area contributed by atoms with Gasteiger partial charge in [0.15, 0.2) is 0 Å². The molecule has 1 amide bonds. The highest BCUT2D eigenvalue weighted by molar-refractivity contribution is 9.10. The Hall–Kier alpha value is -1.62. The van der Waals surface area contributed by atoms with Crippen molar-refractivity contribution >= 4 is 21.8 Å². The minimum Gasteiger partial charge on any atom is -0.334 e. The normalized spacial score (nSPS) is 18.2. The second kappa shape index (κ2) is 7.30. The standard InChI is InChI=1S/C18H22BrN3O/c1-21-16(11-12-20-21)17-8-4-5-13-22(17)18(23)10-9-14-6-2-3-7-15(14)19/h2-3,6-7,11-12,17H,4-5,8-10,13H2,1H3. The number of carbonyl (C=O) groups excluding carboxylic acids is 1. The number of amides is 1. The van der Waals surface area contributed by atoms with Gasteiger partial charge in [0.25, 0.3) is 0 Å². The van der Waals surface area contributed by atoms with Crippen molar-refractivity contribution in [1.29, 1.82) is 0 Å². The minimum absolute atomic E-state index is 0.169. The van der Waals surface area contributed by atoms with Crippen LogP contribution in [-0.4, -0.2) is 27.1 Å². The van der Waals surface area contributed by atoms with Crippen molar-refractivity contribution in [3.63, 3.8) is 0 Å². The van der Waals surface area contributed by atoms with Crippen LogP contribution in [0.1, 0.15) is 43.0 Å². The van der Waals surface area contributed by atoms with Gasteiger partial charge < -0.3 is 4.90 Å². The molecule has 1 aliphatic rings. The van der Waals surface area contributed by atoms with Crippen LogP contribution in [0.4, 0.5) is 0 Å². The monoisotopic (exact) mass is 375 g/mol. The number of aromatic nitrogens is 2. The summed E-state index contributed by atoms with van der Waals surface area (Å²) in [6, 6.07) is 10.3. The molecule has 1 atom stereocenters. The molecule has 23 heavy (non-hydrogen) atoms. The number of halogens is 1. The highest BCUT2D eigenvalue weighted by Gasteiger charge is 2.29. The van der Waals surface area contributed by atoms with E-state index in [1.807, 2.05) is 42.2 Å². The highest BCUT2D eigenvalue weighted by Crippen LogP contribution is 2.31. The summed E-state index contributed by atoms with van der Waals surface area (Å²) in [6.07, 6.45) is 6.43. The molecule has 0 radical (unpaired) electrons. The zero-order valence-corrected chi connectivity index (χ0v) is 15.0. The van der Waals surface area contributed by atoms with E-state index in [9.17, 15) is 4.79 Å². The summed E-state index contributed by atoms with van der Waals surface area (Å²) in [4.78, 5) is 14.8. The molecule has 122 valence electrons. The van der Waals surface area contributed by atoms with Crippen LogP contribution in [0.2, 0.25) is 0 Å². The Labute approximate surface area is 145 Å². The number of benzene rings is 1. The Morgan fingerprint density at radius 1 is 1.30 bits per heavy atom. The van der Waals surface area contributed by atoms with Gasteiger partial charge in [-0.15, -0.1) is 0 Å². The van der Waals surface area contributed by atoms with E-state index in [0.717, 1.165) is 36.0 Å². The third-order valence-electron chi connectivity index (χ3n) is 4.59. The molecule has 1 aromatic heterocycles. The lowest BCUT2D eigenvalue weighted by Crippen LogP contribution is -2.39. The number of nitrogens with zero attached hydrogens (tertiary/aromatic N) is 3. The van der Waals surface area contributed by atoms with Crippen molar-refractivity contribution in [3.05, 3.63) is 52.3 Å². The summed E-state index contributed by atoms with van der Waals surface area (Å²) in [5.41, 5.74) is 2.33. The van der Waals surface area contributed by atoms with Crippen LogP contribution in [0.25, 0.3) is 0 Å². The lowest BCUT2D eigenvalue weighted by Gasteiger charge is -2.36. The Morgan fingerprint density at radius 3 is 2.87 bits per heavy atom. The number of carbonyl (C=O) groups is 1. The first kappa shape index (κ1) is 16.2. The average molecular weight is 376 g/mol. The van der Waals surface area contributed by atoms with Crippen molar-refractivity contribution in [2.24, 2.45) is 7.05 Å². The lowest BCUT2D eigenvalue weighted by molar-refractivity contribution is -0.135. The Balaban J connectivity index is 1.69. The predicted octanol–water partition coefficient (Wildman–Crippen LogP) is 3.87. The fraction of sp³-hybridized carbons (Fsp3) is 0.444. The molecule has 0 aliphatic carbocycles. The lowest BCUT2D eigenvalue weighted by atomic mass is 9.98. The molecule has 0 spiro atoms. The van der Waals surface area contributed by atoms with Gasteiger partial charge in [-0.2, -0.15) is 5.10 Å². The van der Waals surface area contributed by atoms with E-state index in [2.05, 4.69) is 32.0 Å². The van der Waals surface area contributed by atoms with Gasteiger partial charge in [0, 0.05) is 30.7 Å². The maximum absolute atomic E-state index is 12.8. The van der Waals surface area contributed by atoms with Gasteiger partial charge >= 0.3 is 0 Å². The van der Waals surface area contributed by atoms with Crippen LogP contribution in [0, 0.1) is 0 Å². The molecule has 0 saturated carbocycles. The average Bonchev–Trinajstić information content (AvgIpc) is 3.00. The van der Waals surface area contributed by atoms with Gasteiger partial charge in [0.1, 0.15) is 0 Å². The van der Waals surface area contributed by atoms with Crippen LogP contribution >= 0.6 is 15.9 Å². The fourth-order valence-corrected chi connectivity index (χ4v) is 3.82. The zero-order chi connectivity index (χ0) is 16.2. The number of piperidine rings is 1. The van der Waals surface area contributed by atoms with Gasteiger partial charge in [0.2, 0.25) is 5.91 Å². The summed E-state index contributed by atoms with van der Waals surface area (Å²) < 4.78 is 2.97. The van der Waals surface area contributed by atoms with Crippen molar-refractivity contribution < 1.29 is 4.79 Å². The first-order valence-corrected chi connectivity index (χ1v) is 8.97. The number of hydrogen-bond acceptors (Lipinski definition) is 2. The molecule has 1 aromatic carbocycles. The van der Waals surface area contributed by atoms with Gasteiger partial charge in [-0.05, 0) is 43.4 Å². The number of likely N-dealkylation sites (tertiary alicyclic amines) is 1. The van der Waals surface area contributed by atoms with Crippen molar-refractivity contribution in [2.45, 2.75) is 38.1 Å². The van der Waals surface area contributed by atoms with Crippen molar-refractivity contribution in [1.82, 2.24) is 14.7 Å². The molecule has 2 heterocycles. The molecule has 0 bridgehead atoms.